The van der Waals surface area contributed by atoms with Crippen LogP contribution in [0.1, 0.15) is 46.5 Å². The Morgan fingerprint density at radius 3 is 2.70 bits per heavy atom. The van der Waals surface area contributed by atoms with Crippen LogP contribution < -0.4 is 11.1 Å². The number of rotatable bonds is 5. The van der Waals surface area contributed by atoms with E-state index in [1.807, 2.05) is 18.7 Å². The highest BCUT2D eigenvalue weighted by Gasteiger charge is 2.31. The maximum atomic E-state index is 5.96. The van der Waals surface area contributed by atoms with E-state index >= 15 is 0 Å². The van der Waals surface area contributed by atoms with Crippen LogP contribution in [0.5, 0.6) is 0 Å². The Hall–Kier alpha value is -0.870. The van der Waals surface area contributed by atoms with Crippen molar-refractivity contribution in [1.29, 1.82) is 0 Å². The minimum absolute atomic E-state index is 0.223. The van der Waals surface area contributed by atoms with Crippen molar-refractivity contribution in [2.24, 2.45) is 17.1 Å². The minimum atomic E-state index is 0.223. The van der Waals surface area contributed by atoms with E-state index in [9.17, 15) is 0 Å². The first-order chi connectivity index (χ1) is 9.50. The molecule has 3 N–H and O–H groups in total. The summed E-state index contributed by atoms with van der Waals surface area (Å²) in [5.74, 6) is 0.636. The second kappa shape index (κ2) is 6.72. The van der Waals surface area contributed by atoms with Gasteiger partial charge >= 0.3 is 0 Å². The number of nitrogens with zero attached hydrogens (tertiary/aromatic N) is 2. The van der Waals surface area contributed by atoms with Crippen LogP contribution in [-0.2, 0) is 6.54 Å². The summed E-state index contributed by atoms with van der Waals surface area (Å²) in [7, 11) is 0. The fourth-order valence-electron chi connectivity index (χ4n) is 3.15. The lowest BCUT2D eigenvalue weighted by atomic mass is 9.81. The zero-order chi connectivity index (χ0) is 14.6. The number of aromatic nitrogens is 2. The Morgan fingerprint density at radius 1 is 1.35 bits per heavy atom. The van der Waals surface area contributed by atoms with Crippen LogP contribution in [0.2, 0.25) is 0 Å². The SMILES string of the molecule is CC(C)(C)C(Cn1ccnc1)NC1CCCCC1CN. The van der Waals surface area contributed by atoms with Gasteiger partial charge in [0.25, 0.3) is 0 Å². The summed E-state index contributed by atoms with van der Waals surface area (Å²) >= 11 is 0. The molecule has 0 radical (unpaired) electrons. The van der Waals surface area contributed by atoms with Crippen molar-refractivity contribution in [1.82, 2.24) is 14.9 Å². The van der Waals surface area contributed by atoms with Crippen molar-refractivity contribution in [2.45, 2.75) is 65.1 Å². The lowest BCUT2D eigenvalue weighted by Gasteiger charge is -2.39. The maximum absolute atomic E-state index is 5.96. The van der Waals surface area contributed by atoms with Crippen LogP contribution in [0, 0.1) is 11.3 Å². The molecule has 3 unspecified atom stereocenters. The summed E-state index contributed by atoms with van der Waals surface area (Å²) in [6, 6.07) is 1.01. The normalized spacial score (nSPS) is 25.6. The van der Waals surface area contributed by atoms with Crippen molar-refractivity contribution in [3.63, 3.8) is 0 Å². The Balaban J connectivity index is 2.03. The monoisotopic (exact) mass is 278 g/mol. The molecular weight excluding hydrogens is 248 g/mol. The summed E-state index contributed by atoms with van der Waals surface area (Å²) < 4.78 is 2.17. The molecule has 0 saturated heterocycles. The summed E-state index contributed by atoms with van der Waals surface area (Å²) in [6.45, 7) is 8.70. The van der Waals surface area contributed by atoms with Crippen molar-refractivity contribution < 1.29 is 0 Å². The summed E-state index contributed by atoms with van der Waals surface area (Å²) in [5.41, 5.74) is 6.18. The highest BCUT2D eigenvalue weighted by atomic mass is 15.1. The van der Waals surface area contributed by atoms with Gasteiger partial charge in [-0.1, -0.05) is 33.6 Å². The molecule has 0 spiro atoms. The van der Waals surface area contributed by atoms with Crippen LogP contribution in [0.3, 0.4) is 0 Å². The van der Waals surface area contributed by atoms with E-state index in [0.717, 1.165) is 13.1 Å². The van der Waals surface area contributed by atoms with Gasteiger partial charge in [-0.15, -0.1) is 0 Å². The molecular formula is C16H30N4. The molecule has 1 heterocycles. The standard InChI is InChI=1S/C16H30N4/c1-16(2,3)15(11-20-9-8-18-12-20)19-14-7-5-4-6-13(14)10-17/h8-9,12-15,19H,4-7,10-11,17H2,1-3H3. The molecule has 2 rings (SSSR count). The molecule has 4 nitrogen and oxygen atoms in total. The molecule has 1 aromatic heterocycles. The Labute approximate surface area is 123 Å². The van der Waals surface area contributed by atoms with Gasteiger partial charge in [-0.25, -0.2) is 4.98 Å². The van der Waals surface area contributed by atoms with Crippen molar-refractivity contribution >= 4 is 0 Å². The lowest BCUT2D eigenvalue weighted by Crippen LogP contribution is -2.52. The molecule has 0 aliphatic heterocycles. The Bertz CT molecular complexity index is 380. The summed E-state index contributed by atoms with van der Waals surface area (Å²) in [4.78, 5) is 4.15. The van der Waals surface area contributed by atoms with Gasteiger partial charge in [0.1, 0.15) is 0 Å². The molecule has 1 aromatic rings. The zero-order valence-corrected chi connectivity index (χ0v) is 13.2. The molecule has 1 fully saturated rings. The first-order valence-electron chi connectivity index (χ1n) is 7.92. The predicted molar refractivity (Wildman–Crippen MR) is 83.4 cm³/mol. The van der Waals surface area contributed by atoms with Crippen LogP contribution in [0.4, 0.5) is 0 Å². The van der Waals surface area contributed by atoms with E-state index in [4.69, 9.17) is 5.73 Å². The van der Waals surface area contributed by atoms with Gasteiger partial charge in [-0.3, -0.25) is 0 Å². The van der Waals surface area contributed by atoms with Gasteiger partial charge in [0.15, 0.2) is 0 Å². The maximum Gasteiger partial charge on any atom is 0.0946 e. The molecule has 1 aliphatic carbocycles. The number of hydrogen-bond acceptors (Lipinski definition) is 3. The van der Waals surface area contributed by atoms with Crippen LogP contribution >= 0.6 is 0 Å². The highest BCUT2D eigenvalue weighted by Crippen LogP contribution is 2.27. The Kier molecular flexibility index (Phi) is 5.22. The lowest BCUT2D eigenvalue weighted by molar-refractivity contribution is 0.172. The molecule has 1 saturated carbocycles. The van der Waals surface area contributed by atoms with Crippen LogP contribution in [0.15, 0.2) is 18.7 Å². The number of nitrogens with one attached hydrogen (secondary N) is 1. The van der Waals surface area contributed by atoms with Crippen LogP contribution in [0.25, 0.3) is 0 Å². The van der Waals surface area contributed by atoms with E-state index in [1.165, 1.54) is 25.7 Å². The topological polar surface area (TPSA) is 55.9 Å². The average molecular weight is 278 g/mol. The molecule has 3 atom stereocenters. The van der Waals surface area contributed by atoms with E-state index in [2.05, 4.69) is 35.6 Å². The first-order valence-corrected chi connectivity index (χ1v) is 7.92. The van der Waals surface area contributed by atoms with Crippen molar-refractivity contribution in [3.8, 4) is 0 Å². The van der Waals surface area contributed by atoms with E-state index in [-0.39, 0.29) is 5.41 Å². The highest BCUT2D eigenvalue weighted by molar-refractivity contribution is 4.90. The number of imidazole rings is 1. The fraction of sp³-hybridized carbons (Fsp3) is 0.812. The number of nitrogens with two attached hydrogens (primary N) is 1. The fourth-order valence-corrected chi connectivity index (χ4v) is 3.15. The van der Waals surface area contributed by atoms with Gasteiger partial charge < -0.3 is 15.6 Å². The van der Waals surface area contributed by atoms with Gasteiger partial charge in [-0.2, -0.15) is 0 Å². The predicted octanol–water partition coefficient (Wildman–Crippen LogP) is 2.40. The quantitative estimate of drug-likeness (QED) is 0.869. The molecule has 4 heteroatoms. The van der Waals surface area contributed by atoms with Crippen LogP contribution in [-0.4, -0.2) is 28.2 Å². The van der Waals surface area contributed by atoms with Gasteiger partial charge in [0.2, 0.25) is 0 Å². The second-order valence-corrected chi connectivity index (χ2v) is 7.23. The third-order valence-electron chi connectivity index (χ3n) is 4.63. The second-order valence-electron chi connectivity index (χ2n) is 7.23. The molecule has 0 amide bonds. The third-order valence-corrected chi connectivity index (χ3v) is 4.63. The van der Waals surface area contributed by atoms with Gasteiger partial charge in [-0.05, 0) is 30.7 Å². The Morgan fingerprint density at radius 2 is 2.10 bits per heavy atom. The third kappa shape index (κ3) is 4.06. The molecule has 20 heavy (non-hydrogen) atoms. The number of hydrogen-bond donors (Lipinski definition) is 2. The average Bonchev–Trinajstić information content (AvgIpc) is 2.90. The zero-order valence-electron chi connectivity index (χ0n) is 13.2. The first kappa shape index (κ1) is 15.5. The molecule has 0 bridgehead atoms. The van der Waals surface area contributed by atoms with Crippen molar-refractivity contribution in [2.75, 3.05) is 6.54 Å². The molecule has 1 aliphatic rings. The van der Waals surface area contributed by atoms with Gasteiger partial charge in [0.05, 0.1) is 6.33 Å². The minimum Gasteiger partial charge on any atom is -0.336 e. The van der Waals surface area contributed by atoms with E-state index in [1.54, 1.807) is 0 Å². The molecule has 0 aromatic carbocycles. The largest absolute Gasteiger partial charge is 0.336 e. The molecule has 114 valence electrons. The van der Waals surface area contributed by atoms with Crippen molar-refractivity contribution in [3.05, 3.63) is 18.7 Å². The van der Waals surface area contributed by atoms with E-state index < -0.39 is 0 Å². The smallest absolute Gasteiger partial charge is 0.0946 e. The summed E-state index contributed by atoms with van der Waals surface area (Å²) in [5, 5.41) is 3.91. The van der Waals surface area contributed by atoms with Gasteiger partial charge in [0, 0.05) is 31.0 Å². The van der Waals surface area contributed by atoms with E-state index in [0.29, 0.717) is 18.0 Å². The summed E-state index contributed by atoms with van der Waals surface area (Å²) in [6.07, 6.45) is 11.0.